The van der Waals surface area contributed by atoms with Crippen LogP contribution in [0.1, 0.15) is 42.6 Å². The Kier molecular flexibility index (Phi) is 6.45. The highest BCUT2D eigenvalue weighted by Gasteiger charge is 2.51. The van der Waals surface area contributed by atoms with Crippen molar-refractivity contribution in [1.82, 2.24) is 0 Å². The summed E-state index contributed by atoms with van der Waals surface area (Å²) < 4.78 is 64.2. The highest BCUT2D eigenvalue weighted by molar-refractivity contribution is 5.98. The normalized spacial score (nSPS) is 22.1. The van der Waals surface area contributed by atoms with Gasteiger partial charge in [-0.25, -0.2) is 4.39 Å². The summed E-state index contributed by atoms with van der Waals surface area (Å²) in [4.78, 5) is 24.5. The average molecular weight is 454 g/mol. The van der Waals surface area contributed by atoms with Gasteiger partial charge in [0.15, 0.2) is 11.6 Å². The largest absolute Gasteiger partial charge is 0.431 e. The van der Waals surface area contributed by atoms with Gasteiger partial charge in [-0.15, -0.1) is 0 Å². The van der Waals surface area contributed by atoms with Crippen LogP contribution in [0.15, 0.2) is 36.4 Å². The van der Waals surface area contributed by atoms with Gasteiger partial charge in [0.1, 0.15) is 6.10 Å². The molecule has 1 aliphatic heterocycles. The number of carbonyl (C=O) groups is 2. The molecule has 6 nitrogen and oxygen atoms in total. The lowest BCUT2D eigenvalue weighted by molar-refractivity contribution is -0.131. The van der Waals surface area contributed by atoms with Gasteiger partial charge in [0.25, 0.3) is 5.91 Å². The molecule has 0 unspecified atom stereocenters. The highest BCUT2D eigenvalue weighted by atomic mass is 19.3. The summed E-state index contributed by atoms with van der Waals surface area (Å²) in [5.74, 6) is -6.67. The molecule has 0 bridgehead atoms. The Bertz CT molecular complexity index is 1040. The van der Waals surface area contributed by atoms with E-state index in [0.29, 0.717) is 0 Å². The summed E-state index contributed by atoms with van der Waals surface area (Å²) in [6, 6.07) is 7.75. The standard InChI is InChI=1S/C22H22F4N2O4/c1-10-15(13-7-8-14(23)16(24)17(13)31-21(25)26)18(32-22(10,2)3)20(30)28-12-6-4-5-11(9-12)19(27)29/h4-10,15,18,21H,1-3H3,(H2,27,29)(H,28,30)/t10-,15-,18+/m0/s1. The summed E-state index contributed by atoms with van der Waals surface area (Å²) >= 11 is 0. The Morgan fingerprint density at radius 1 is 1.19 bits per heavy atom. The van der Waals surface area contributed by atoms with Crippen LogP contribution in [-0.4, -0.2) is 30.1 Å². The Morgan fingerprint density at radius 2 is 1.88 bits per heavy atom. The second-order valence-corrected chi connectivity index (χ2v) is 8.05. The molecule has 3 atom stereocenters. The van der Waals surface area contributed by atoms with Crippen molar-refractivity contribution >= 4 is 17.5 Å². The third kappa shape index (κ3) is 4.55. The Balaban J connectivity index is 2.01. The number of ether oxygens (including phenoxy) is 2. The van der Waals surface area contributed by atoms with Crippen LogP contribution in [0.2, 0.25) is 0 Å². The quantitative estimate of drug-likeness (QED) is 0.640. The number of hydrogen-bond acceptors (Lipinski definition) is 4. The monoisotopic (exact) mass is 454 g/mol. The number of benzene rings is 2. The lowest BCUT2D eigenvalue weighted by Gasteiger charge is -2.26. The van der Waals surface area contributed by atoms with Gasteiger partial charge in [0.05, 0.1) is 5.60 Å². The lowest BCUT2D eigenvalue weighted by atomic mass is 9.78. The van der Waals surface area contributed by atoms with Crippen molar-refractivity contribution in [3.05, 3.63) is 59.2 Å². The molecule has 0 spiro atoms. The fraction of sp³-hybridized carbons (Fsp3) is 0.364. The molecule has 0 saturated carbocycles. The minimum Gasteiger partial charge on any atom is -0.431 e. The Labute approximate surface area is 181 Å². The zero-order valence-electron chi connectivity index (χ0n) is 17.5. The van der Waals surface area contributed by atoms with Crippen LogP contribution in [0.3, 0.4) is 0 Å². The van der Waals surface area contributed by atoms with Crippen LogP contribution in [0.5, 0.6) is 5.75 Å². The third-order valence-corrected chi connectivity index (χ3v) is 5.71. The van der Waals surface area contributed by atoms with E-state index in [1.54, 1.807) is 20.8 Å². The maximum Gasteiger partial charge on any atom is 0.387 e. The molecule has 10 heteroatoms. The van der Waals surface area contributed by atoms with Gasteiger partial charge in [-0.3, -0.25) is 9.59 Å². The number of nitrogens with one attached hydrogen (secondary N) is 1. The molecule has 3 rings (SSSR count). The summed E-state index contributed by atoms with van der Waals surface area (Å²) in [6.45, 7) is 1.69. The first-order valence-corrected chi connectivity index (χ1v) is 9.73. The van der Waals surface area contributed by atoms with Crippen molar-refractivity contribution in [3.8, 4) is 5.75 Å². The molecule has 2 aromatic carbocycles. The first-order chi connectivity index (χ1) is 14.9. The number of primary amides is 1. The minimum atomic E-state index is -3.40. The van der Waals surface area contributed by atoms with E-state index in [2.05, 4.69) is 10.1 Å². The molecular weight excluding hydrogens is 432 g/mol. The second kappa shape index (κ2) is 8.78. The van der Waals surface area contributed by atoms with E-state index in [1.807, 2.05) is 0 Å². The van der Waals surface area contributed by atoms with E-state index in [1.165, 1.54) is 24.3 Å². The lowest BCUT2D eigenvalue weighted by Crippen LogP contribution is -2.33. The van der Waals surface area contributed by atoms with Crippen molar-refractivity contribution in [2.24, 2.45) is 11.7 Å². The number of rotatable bonds is 6. The van der Waals surface area contributed by atoms with E-state index < -0.39 is 59.4 Å². The van der Waals surface area contributed by atoms with Gasteiger partial charge < -0.3 is 20.5 Å². The van der Waals surface area contributed by atoms with E-state index in [4.69, 9.17) is 10.5 Å². The first kappa shape index (κ1) is 23.5. The van der Waals surface area contributed by atoms with Gasteiger partial charge in [-0.2, -0.15) is 13.2 Å². The summed E-state index contributed by atoms with van der Waals surface area (Å²) in [7, 11) is 0. The van der Waals surface area contributed by atoms with Gasteiger partial charge in [0, 0.05) is 22.7 Å². The average Bonchev–Trinajstić information content (AvgIpc) is 2.95. The molecule has 0 aliphatic carbocycles. The van der Waals surface area contributed by atoms with E-state index in [9.17, 15) is 27.2 Å². The van der Waals surface area contributed by atoms with E-state index in [0.717, 1.165) is 12.1 Å². The fourth-order valence-corrected chi connectivity index (χ4v) is 3.83. The Morgan fingerprint density at radius 3 is 2.50 bits per heavy atom. The summed E-state index contributed by atoms with van der Waals surface area (Å²) in [5, 5.41) is 2.59. The number of carbonyl (C=O) groups excluding carboxylic acids is 2. The number of alkyl halides is 2. The predicted octanol–water partition coefficient (Wildman–Crippen LogP) is 4.20. The van der Waals surface area contributed by atoms with Crippen LogP contribution in [-0.2, 0) is 9.53 Å². The van der Waals surface area contributed by atoms with Gasteiger partial charge >= 0.3 is 6.61 Å². The van der Waals surface area contributed by atoms with Crippen LogP contribution in [0.4, 0.5) is 23.2 Å². The maximum atomic E-state index is 14.4. The van der Waals surface area contributed by atoms with Crippen LogP contribution in [0, 0.1) is 17.6 Å². The number of anilines is 1. The van der Waals surface area contributed by atoms with Gasteiger partial charge in [0.2, 0.25) is 11.7 Å². The second-order valence-electron chi connectivity index (χ2n) is 8.05. The van der Waals surface area contributed by atoms with Crippen molar-refractivity contribution in [3.63, 3.8) is 0 Å². The Hall–Kier alpha value is -3.14. The molecule has 2 aromatic rings. The molecule has 3 N–H and O–H groups in total. The number of nitrogens with two attached hydrogens (primary N) is 1. The zero-order valence-corrected chi connectivity index (χ0v) is 17.5. The molecule has 0 aromatic heterocycles. The summed E-state index contributed by atoms with van der Waals surface area (Å²) in [5.41, 5.74) is 4.64. The van der Waals surface area contributed by atoms with Gasteiger partial charge in [-0.05, 0) is 44.0 Å². The maximum absolute atomic E-state index is 14.4. The molecule has 1 saturated heterocycles. The van der Waals surface area contributed by atoms with Crippen molar-refractivity contribution < 1.29 is 36.6 Å². The smallest absolute Gasteiger partial charge is 0.387 e. The molecular formula is C22H22F4N2O4. The minimum absolute atomic E-state index is 0.117. The van der Waals surface area contributed by atoms with E-state index >= 15 is 0 Å². The highest BCUT2D eigenvalue weighted by Crippen LogP contribution is 2.49. The predicted molar refractivity (Wildman–Crippen MR) is 107 cm³/mol. The SMILES string of the molecule is C[C@H]1[C@@H](c2ccc(F)c(F)c2OC(F)F)[C@H](C(=O)Nc2cccc(C(N)=O)c2)OC1(C)C. The molecule has 32 heavy (non-hydrogen) atoms. The summed E-state index contributed by atoms with van der Waals surface area (Å²) in [6.07, 6.45) is -1.25. The molecule has 1 aliphatic rings. The van der Waals surface area contributed by atoms with Crippen molar-refractivity contribution in [2.75, 3.05) is 5.32 Å². The molecule has 172 valence electrons. The number of halogens is 4. The first-order valence-electron chi connectivity index (χ1n) is 9.73. The molecule has 1 fully saturated rings. The molecule has 0 radical (unpaired) electrons. The van der Waals surface area contributed by atoms with Crippen LogP contribution in [0.25, 0.3) is 0 Å². The number of amides is 2. The molecule has 2 amide bonds. The number of hydrogen-bond donors (Lipinski definition) is 2. The van der Waals surface area contributed by atoms with Crippen LogP contribution < -0.4 is 15.8 Å². The molecule has 1 heterocycles. The third-order valence-electron chi connectivity index (χ3n) is 5.71. The van der Waals surface area contributed by atoms with Crippen molar-refractivity contribution in [1.29, 1.82) is 0 Å². The zero-order chi connectivity index (χ0) is 23.8. The fourth-order valence-electron chi connectivity index (χ4n) is 3.83. The topological polar surface area (TPSA) is 90.6 Å². The van der Waals surface area contributed by atoms with Gasteiger partial charge in [-0.1, -0.05) is 19.1 Å². The van der Waals surface area contributed by atoms with E-state index in [-0.39, 0.29) is 16.8 Å². The van der Waals surface area contributed by atoms with Crippen LogP contribution >= 0.6 is 0 Å². The van der Waals surface area contributed by atoms with Crippen molar-refractivity contribution in [2.45, 2.75) is 45.0 Å².